The van der Waals surface area contributed by atoms with Crippen molar-refractivity contribution in [2.45, 2.75) is 19.8 Å². The Kier molecular flexibility index (Phi) is 3.16. The number of nitrogens with zero attached hydrogens (tertiary/aromatic N) is 2. The lowest BCUT2D eigenvalue weighted by molar-refractivity contribution is -0.128. The van der Waals surface area contributed by atoms with Gasteiger partial charge in [0.2, 0.25) is 5.91 Å². The molecule has 5 heteroatoms. The van der Waals surface area contributed by atoms with E-state index in [1.165, 1.54) is 0 Å². The summed E-state index contributed by atoms with van der Waals surface area (Å²) in [6.07, 6.45) is 4.48. The number of nitriles is 1. The number of carbonyl (C=O) groups excluding carboxylic acids is 1. The van der Waals surface area contributed by atoms with Crippen molar-refractivity contribution in [3.8, 4) is 6.07 Å². The number of hydrogen-bond donors (Lipinski definition) is 1. The van der Waals surface area contributed by atoms with E-state index in [0.29, 0.717) is 28.9 Å². The van der Waals surface area contributed by atoms with Gasteiger partial charge in [-0.05, 0) is 40.8 Å². The molecule has 1 aromatic heterocycles. The van der Waals surface area contributed by atoms with Crippen LogP contribution in [0.2, 0.25) is 0 Å². The standard InChI is InChI=1S/C12H12BrN3O/c1-8-4-12(5-8,7-14)11(17)16-10-2-3-15-6-9(10)13/h2-3,6,8H,4-5H2,1H3,(H,15,16,17). The Morgan fingerprint density at radius 2 is 2.41 bits per heavy atom. The molecular weight excluding hydrogens is 282 g/mol. The molecule has 1 aromatic rings. The maximum atomic E-state index is 12.1. The SMILES string of the molecule is CC1CC(C#N)(C(=O)Nc2ccncc2Br)C1. The summed E-state index contributed by atoms with van der Waals surface area (Å²) >= 11 is 3.31. The number of hydrogen-bond acceptors (Lipinski definition) is 3. The molecular formula is C12H12BrN3O. The summed E-state index contributed by atoms with van der Waals surface area (Å²) in [5.74, 6) is 0.228. The first-order valence-corrected chi connectivity index (χ1v) is 6.19. The van der Waals surface area contributed by atoms with Crippen molar-refractivity contribution in [1.29, 1.82) is 5.26 Å². The molecule has 1 fully saturated rings. The average molecular weight is 294 g/mol. The highest BCUT2D eigenvalue weighted by Crippen LogP contribution is 2.45. The summed E-state index contributed by atoms with van der Waals surface area (Å²) < 4.78 is 0.716. The van der Waals surface area contributed by atoms with E-state index in [1.54, 1.807) is 18.5 Å². The fraction of sp³-hybridized carbons (Fsp3) is 0.417. The van der Waals surface area contributed by atoms with Gasteiger partial charge < -0.3 is 5.32 Å². The maximum Gasteiger partial charge on any atom is 0.244 e. The Morgan fingerprint density at radius 1 is 1.71 bits per heavy atom. The van der Waals surface area contributed by atoms with Crippen molar-refractivity contribution in [2.75, 3.05) is 5.32 Å². The molecule has 1 N–H and O–H groups in total. The van der Waals surface area contributed by atoms with Gasteiger partial charge in [-0.1, -0.05) is 6.92 Å². The van der Waals surface area contributed by atoms with Gasteiger partial charge in [0.1, 0.15) is 5.41 Å². The molecule has 1 heterocycles. The lowest BCUT2D eigenvalue weighted by Crippen LogP contribution is -2.45. The van der Waals surface area contributed by atoms with Gasteiger partial charge in [-0.25, -0.2) is 0 Å². The first-order valence-electron chi connectivity index (χ1n) is 5.39. The lowest BCUT2D eigenvalue weighted by Gasteiger charge is -2.39. The second-order valence-electron chi connectivity index (χ2n) is 4.52. The van der Waals surface area contributed by atoms with Crippen LogP contribution < -0.4 is 5.32 Å². The maximum absolute atomic E-state index is 12.1. The molecule has 2 rings (SSSR count). The molecule has 4 nitrogen and oxygen atoms in total. The highest BCUT2D eigenvalue weighted by molar-refractivity contribution is 9.10. The van der Waals surface area contributed by atoms with Crippen molar-refractivity contribution in [3.05, 3.63) is 22.9 Å². The number of aromatic nitrogens is 1. The molecule has 1 aliphatic rings. The molecule has 1 saturated carbocycles. The minimum Gasteiger partial charge on any atom is -0.324 e. The topological polar surface area (TPSA) is 65.8 Å². The van der Waals surface area contributed by atoms with Crippen LogP contribution in [0.1, 0.15) is 19.8 Å². The molecule has 17 heavy (non-hydrogen) atoms. The molecule has 1 amide bonds. The van der Waals surface area contributed by atoms with Crippen LogP contribution in [0.5, 0.6) is 0 Å². The predicted octanol–water partition coefficient (Wildman–Crippen LogP) is 2.72. The van der Waals surface area contributed by atoms with Crippen molar-refractivity contribution in [1.82, 2.24) is 4.98 Å². The molecule has 0 bridgehead atoms. The van der Waals surface area contributed by atoms with Crippen LogP contribution in [0.3, 0.4) is 0 Å². The number of anilines is 1. The molecule has 0 spiro atoms. The first-order chi connectivity index (χ1) is 8.07. The van der Waals surface area contributed by atoms with E-state index in [0.717, 1.165) is 0 Å². The Hall–Kier alpha value is -1.41. The van der Waals surface area contributed by atoms with E-state index in [4.69, 9.17) is 5.26 Å². The fourth-order valence-corrected chi connectivity index (χ4v) is 2.53. The third-order valence-corrected chi connectivity index (χ3v) is 3.70. The number of carbonyl (C=O) groups is 1. The van der Waals surface area contributed by atoms with Crippen molar-refractivity contribution >= 4 is 27.5 Å². The predicted molar refractivity (Wildman–Crippen MR) is 67.0 cm³/mol. The van der Waals surface area contributed by atoms with Gasteiger partial charge in [-0.2, -0.15) is 5.26 Å². The van der Waals surface area contributed by atoms with Gasteiger partial charge >= 0.3 is 0 Å². The Bertz CT molecular complexity index is 489. The van der Waals surface area contributed by atoms with Crippen LogP contribution >= 0.6 is 15.9 Å². The zero-order valence-corrected chi connectivity index (χ0v) is 11.0. The summed E-state index contributed by atoms with van der Waals surface area (Å²) in [6, 6.07) is 3.85. The van der Waals surface area contributed by atoms with Crippen molar-refractivity contribution in [3.63, 3.8) is 0 Å². The zero-order valence-electron chi connectivity index (χ0n) is 9.40. The Morgan fingerprint density at radius 3 is 2.94 bits per heavy atom. The average Bonchev–Trinajstić information content (AvgIpc) is 2.27. The molecule has 0 saturated heterocycles. The van der Waals surface area contributed by atoms with E-state index >= 15 is 0 Å². The van der Waals surface area contributed by atoms with Gasteiger partial charge in [0.05, 0.1) is 16.2 Å². The van der Waals surface area contributed by atoms with Crippen molar-refractivity contribution in [2.24, 2.45) is 11.3 Å². The number of amides is 1. The largest absolute Gasteiger partial charge is 0.324 e. The van der Waals surface area contributed by atoms with Crippen LogP contribution in [-0.2, 0) is 4.79 Å². The minimum absolute atomic E-state index is 0.218. The highest BCUT2D eigenvalue weighted by Gasteiger charge is 2.49. The van der Waals surface area contributed by atoms with E-state index in [2.05, 4.69) is 32.3 Å². The Balaban J connectivity index is 2.13. The van der Waals surface area contributed by atoms with Gasteiger partial charge in [-0.3, -0.25) is 9.78 Å². The van der Waals surface area contributed by atoms with Crippen LogP contribution in [0.4, 0.5) is 5.69 Å². The van der Waals surface area contributed by atoms with Gasteiger partial charge in [0.25, 0.3) is 0 Å². The van der Waals surface area contributed by atoms with Crippen LogP contribution in [-0.4, -0.2) is 10.9 Å². The number of halogens is 1. The zero-order chi connectivity index (χ0) is 12.5. The minimum atomic E-state index is -0.845. The van der Waals surface area contributed by atoms with E-state index < -0.39 is 5.41 Å². The van der Waals surface area contributed by atoms with Gasteiger partial charge in [-0.15, -0.1) is 0 Å². The third kappa shape index (κ3) is 2.18. The monoisotopic (exact) mass is 293 g/mol. The smallest absolute Gasteiger partial charge is 0.244 e. The van der Waals surface area contributed by atoms with E-state index in [-0.39, 0.29) is 5.91 Å². The summed E-state index contributed by atoms with van der Waals surface area (Å²) in [6.45, 7) is 2.05. The summed E-state index contributed by atoms with van der Waals surface area (Å²) in [5.41, 5.74) is -0.193. The highest BCUT2D eigenvalue weighted by atomic mass is 79.9. The fourth-order valence-electron chi connectivity index (χ4n) is 2.18. The Labute approximate surface area is 108 Å². The second-order valence-corrected chi connectivity index (χ2v) is 5.37. The summed E-state index contributed by atoms with van der Waals surface area (Å²) in [5, 5.41) is 11.9. The lowest BCUT2D eigenvalue weighted by atomic mass is 9.63. The van der Waals surface area contributed by atoms with Crippen molar-refractivity contribution < 1.29 is 4.79 Å². The molecule has 1 aliphatic carbocycles. The number of pyridine rings is 1. The number of rotatable bonds is 2. The van der Waals surface area contributed by atoms with E-state index in [1.807, 2.05) is 6.92 Å². The van der Waals surface area contributed by atoms with Gasteiger partial charge in [0.15, 0.2) is 0 Å². The summed E-state index contributed by atoms with van der Waals surface area (Å²) in [4.78, 5) is 16.0. The second kappa shape index (κ2) is 4.46. The quantitative estimate of drug-likeness (QED) is 0.912. The molecule has 0 aromatic carbocycles. The molecule has 0 radical (unpaired) electrons. The van der Waals surface area contributed by atoms with E-state index in [9.17, 15) is 4.79 Å². The first kappa shape index (κ1) is 12.1. The van der Waals surface area contributed by atoms with Crippen LogP contribution in [0, 0.1) is 22.7 Å². The molecule has 0 unspecified atom stereocenters. The third-order valence-electron chi connectivity index (χ3n) is 3.06. The number of nitrogens with one attached hydrogen (secondary N) is 1. The van der Waals surface area contributed by atoms with Crippen LogP contribution in [0.15, 0.2) is 22.9 Å². The summed E-state index contributed by atoms with van der Waals surface area (Å²) in [7, 11) is 0. The molecule has 0 atom stereocenters. The molecule has 88 valence electrons. The van der Waals surface area contributed by atoms with Gasteiger partial charge in [0, 0.05) is 12.4 Å². The van der Waals surface area contributed by atoms with Crippen LogP contribution in [0.25, 0.3) is 0 Å². The molecule has 0 aliphatic heterocycles. The normalized spacial score (nSPS) is 26.8.